The van der Waals surface area contributed by atoms with Crippen LogP contribution in [0.25, 0.3) is 87.0 Å². The van der Waals surface area contributed by atoms with Gasteiger partial charge in [0, 0.05) is 21.5 Å². The summed E-state index contributed by atoms with van der Waals surface area (Å²) in [6.07, 6.45) is -3.67. The molecule has 2 fully saturated rings. The molecule has 2 aromatic heterocycles. The molecular formula is C52H36O9P2. The van der Waals surface area contributed by atoms with Crippen LogP contribution in [0.5, 0.6) is 5.75 Å². The fourth-order valence-electron chi connectivity index (χ4n) is 9.36. The van der Waals surface area contributed by atoms with E-state index in [0.29, 0.717) is 28.1 Å². The summed E-state index contributed by atoms with van der Waals surface area (Å²) >= 11 is 0. The van der Waals surface area contributed by atoms with Gasteiger partial charge in [0.05, 0.1) is 6.61 Å². The Labute approximate surface area is 361 Å². The van der Waals surface area contributed by atoms with E-state index < -0.39 is 47.2 Å². The molecule has 2 aliphatic heterocycles. The number of benzene rings is 9. The van der Waals surface area contributed by atoms with E-state index in [4.69, 9.17) is 40.0 Å². The third kappa shape index (κ3) is 6.31. The quantitative estimate of drug-likeness (QED) is 0.162. The molecule has 4 heterocycles. The van der Waals surface area contributed by atoms with E-state index >= 15 is 0 Å². The molecule has 11 aromatic rings. The van der Waals surface area contributed by atoms with E-state index in [0.717, 1.165) is 64.6 Å². The molecule has 2 aliphatic rings. The molecule has 63 heavy (non-hydrogen) atoms. The van der Waals surface area contributed by atoms with Gasteiger partial charge in [0.2, 0.25) is 6.29 Å². The molecule has 0 aliphatic carbocycles. The monoisotopic (exact) mass is 866 g/mol. The van der Waals surface area contributed by atoms with E-state index in [9.17, 15) is 0 Å². The second-order valence-electron chi connectivity index (χ2n) is 15.9. The van der Waals surface area contributed by atoms with Crippen molar-refractivity contribution in [1.82, 2.24) is 0 Å². The predicted molar refractivity (Wildman–Crippen MR) is 249 cm³/mol. The minimum Gasteiger partial charge on any atom is -0.462 e. The maximum absolute atomic E-state index is 7.01. The minimum atomic E-state index is -2.12. The Balaban J connectivity index is 0.962. The zero-order valence-electron chi connectivity index (χ0n) is 33.4. The number of hydrogen-bond donors (Lipinski definition) is 0. The first-order valence-electron chi connectivity index (χ1n) is 20.9. The van der Waals surface area contributed by atoms with E-state index in [1.807, 2.05) is 103 Å². The van der Waals surface area contributed by atoms with Crippen LogP contribution in [0.1, 0.15) is 0 Å². The largest absolute Gasteiger partial charge is 0.462 e. The van der Waals surface area contributed by atoms with E-state index in [-0.39, 0.29) is 6.61 Å². The zero-order valence-corrected chi connectivity index (χ0v) is 35.2. The topological polar surface area (TPSA) is 98.7 Å². The zero-order chi connectivity index (χ0) is 41.4. The van der Waals surface area contributed by atoms with Gasteiger partial charge >= 0.3 is 16.5 Å². The van der Waals surface area contributed by atoms with Crippen molar-refractivity contribution in [2.45, 2.75) is 30.7 Å². The highest BCUT2D eigenvalue weighted by Gasteiger charge is 2.56. The summed E-state index contributed by atoms with van der Waals surface area (Å²) in [6.45, 7) is 0.235. The van der Waals surface area contributed by atoms with Crippen LogP contribution in [0.15, 0.2) is 193 Å². The Kier molecular flexibility index (Phi) is 8.87. The van der Waals surface area contributed by atoms with Gasteiger partial charge in [-0.3, -0.25) is 9.05 Å². The molecule has 308 valence electrons. The van der Waals surface area contributed by atoms with Gasteiger partial charge in [-0.15, -0.1) is 0 Å². The lowest BCUT2D eigenvalue weighted by Gasteiger charge is -2.37. The molecule has 0 radical (unpaired) electrons. The summed E-state index contributed by atoms with van der Waals surface area (Å²) in [4.78, 5) is 0. The van der Waals surface area contributed by atoms with E-state index in [1.54, 1.807) is 0 Å². The van der Waals surface area contributed by atoms with Gasteiger partial charge in [-0.05, 0) is 79.5 Å². The van der Waals surface area contributed by atoms with Crippen LogP contribution in [-0.4, -0.2) is 37.3 Å². The maximum atomic E-state index is 7.01. The van der Waals surface area contributed by atoms with Gasteiger partial charge in [-0.2, -0.15) is 0 Å². The van der Waals surface area contributed by atoms with Crippen LogP contribution >= 0.6 is 16.5 Å². The molecule has 0 N–H and O–H groups in total. The number of hydrogen-bond acceptors (Lipinski definition) is 9. The molecule has 13 rings (SSSR count). The lowest BCUT2D eigenvalue weighted by molar-refractivity contribution is -0.207. The first-order chi connectivity index (χ1) is 31.2. The highest BCUT2D eigenvalue weighted by molar-refractivity contribution is 7.32. The molecule has 0 amide bonds. The molecule has 9 nitrogen and oxygen atoms in total. The van der Waals surface area contributed by atoms with Crippen molar-refractivity contribution in [3.63, 3.8) is 0 Å². The summed E-state index contributed by atoms with van der Waals surface area (Å²) in [5.74, 6) is 0.617. The van der Waals surface area contributed by atoms with Gasteiger partial charge < -0.3 is 31.0 Å². The number of para-hydroxylation sites is 1. The summed E-state index contributed by atoms with van der Waals surface area (Å²) in [5.41, 5.74) is 2.62. The molecular weight excluding hydrogens is 831 g/mol. The molecule has 0 saturated carbocycles. The summed E-state index contributed by atoms with van der Waals surface area (Å²) < 4.78 is 61.1. The molecule has 9 aromatic carbocycles. The SMILES string of the molecule is c1ccc(O[C@@H]2O[C@@H]3CO[C@H]([C@H]2Op2oc4ccc5ccccc5c4c4c(ccc5ccccc54)o2)[C@@H]3Op2oc3ccc4ccccc4c3c3c(ccc4ccccc43)o2)cc1. The predicted octanol–water partition coefficient (Wildman–Crippen LogP) is 14.0. The highest BCUT2D eigenvalue weighted by Crippen LogP contribution is 2.46. The third-order valence-corrected chi connectivity index (χ3v) is 14.4. The van der Waals surface area contributed by atoms with Crippen LogP contribution in [0, 0.1) is 0 Å². The Morgan fingerprint density at radius 3 is 1.21 bits per heavy atom. The normalized spacial score (nSPS) is 19.8. The average Bonchev–Trinajstić information content (AvgIpc) is 3.43. The highest BCUT2D eigenvalue weighted by atomic mass is 31.1. The first kappa shape index (κ1) is 37.1. The van der Waals surface area contributed by atoms with Crippen molar-refractivity contribution in [2.75, 3.05) is 6.61 Å². The summed E-state index contributed by atoms with van der Waals surface area (Å²) in [7, 11) is -4.16. The van der Waals surface area contributed by atoms with Crippen LogP contribution in [0.3, 0.4) is 0 Å². The first-order valence-corrected chi connectivity index (χ1v) is 23.1. The molecule has 0 unspecified atom stereocenters. The molecule has 11 heteroatoms. The smallest absolute Gasteiger partial charge is 0.388 e. The molecule has 5 atom stereocenters. The van der Waals surface area contributed by atoms with Gasteiger partial charge in [0.1, 0.15) is 46.4 Å². The lowest BCUT2D eigenvalue weighted by Crippen LogP contribution is -2.58. The van der Waals surface area contributed by atoms with Crippen molar-refractivity contribution in [2.24, 2.45) is 0 Å². The summed E-state index contributed by atoms with van der Waals surface area (Å²) in [5, 5.41) is 12.4. The molecule has 2 bridgehead atoms. The third-order valence-electron chi connectivity index (χ3n) is 12.2. The number of rotatable bonds is 6. The van der Waals surface area contributed by atoms with Crippen molar-refractivity contribution in [3.05, 3.63) is 176 Å². The molecule has 2 saturated heterocycles. The Morgan fingerprint density at radius 2 is 0.778 bits per heavy atom. The molecule has 0 spiro atoms. The Bertz CT molecular complexity index is 3470. The van der Waals surface area contributed by atoms with Gasteiger partial charge in [-0.1, -0.05) is 140 Å². The van der Waals surface area contributed by atoms with Crippen molar-refractivity contribution in [1.29, 1.82) is 0 Å². The Morgan fingerprint density at radius 1 is 0.397 bits per heavy atom. The van der Waals surface area contributed by atoms with E-state index in [2.05, 4.69) is 72.8 Å². The fraction of sp³-hybridized carbons (Fsp3) is 0.115. The van der Waals surface area contributed by atoms with Crippen LogP contribution in [0.2, 0.25) is 0 Å². The number of ether oxygens (including phenoxy) is 3. The van der Waals surface area contributed by atoms with Crippen molar-refractivity contribution < 1.29 is 40.0 Å². The van der Waals surface area contributed by atoms with Crippen LogP contribution in [0.4, 0.5) is 0 Å². The average molecular weight is 867 g/mol. The maximum Gasteiger partial charge on any atom is 0.388 e. The van der Waals surface area contributed by atoms with Crippen LogP contribution in [-0.2, 0) is 9.47 Å². The van der Waals surface area contributed by atoms with Gasteiger partial charge in [0.25, 0.3) is 0 Å². The standard InChI is InChI=1S/C52H36O9P2/c1-2-16-35(17-3-1)54-52-51(61-63-58-42-28-24-33-14-6-10-20-38(33)47(42)48-39-21-11-7-15-34(39)25-29-43(48)59-63)50-49(44(55-52)30-53-50)60-62-56-40-26-22-31-12-4-8-18-36(31)45(40)46-37-19-9-5-13-32(37)23-27-41(46)57-62/h1-29,44,49-52H,30H2/t44-,49-,50+,51-,52-/m1/s1. The Hall–Kier alpha value is -6.54. The fourth-order valence-corrected chi connectivity index (χ4v) is 11.7. The summed E-state index contributed by atoms with van der Waals surface area (Å²) in [6, 6.07) is 59.1. The van der Waals surface area contributed by atoms with Crippen molar-refractivity contribution in [3.8, 4) is 5.75 Å². The number of fused-ring (bicyclic) bond motifs is 16. The van der Waals surface area contributed by atoms with Crippen LogP contribution < -0.4 is 13.8 Å². The second-order valence-corrected chi connectivity index (χ2v) is 17.9. The van der Waals surface area contributed by atoms with Crippen molar-refractivity contribution >= 4 is 103 Å². The van der Waals surface area contributed by atoms with Gasteiger partial charge in [0.15, 0.2) is 6.10 Å². The minimum absolute atomic E-state index is 0.235. The van der Waals surface area contributed by atoms with Gasteiger partial charge in [-0.25, -0.2) is 0 Å². The lowest BCUT2D eigenvalue weighted by atomic mass is 9.99. The van der Waals surface area contributed by atoms with E-state index in [1.165, 1.54) is 0 Å². The second kappa shape index (κ2) is 15.1.